The van der Waals surface area contributed by atoms with E-state index in [0.717, 1.165) is 11.8 Å². The molecule has 10 heteroatoms. The van der Waals surface area contributed by atoms with Crippen LogP contribution in [0.1, 0.15) is 0 Å². The van der Waals surface area contributed by atoms with Crippen molar-refractivity contribution in [2.75, 3.05) is 0 Å². The largest absolute Gasteiger partial charge is 0.290 e. The Bertz CT molecular complexity index is 945. The van der Waals surface area contributed by atoms with E-state index < -0.39 is 4.92 Å². The van der Waals surface area contributed by atoms with Gasteiger partial charge in [0.1, 0.15) is 32.8 Å². The second-order valence-electron chi connectivity index (χ2n) is 3.97. The fourth-order valence-corrected chi connectivity index (χ4v) is 4.13. The number of nitro groups is 1. The van der Waals surface area contributed by atoms with Crippen LogP contribution in [0, 0.1) is 32.8 Å². The van der Waals surface area contributed by atoms with Crippen molar-refractivity contribution in [1.29, 1.82) is 10.5 Å². The van der Waals surface area contributed by atoms with Crippen LogP contribution in [0.25, 0.3) is 11.0 Å². The van der Waals surface area contributed by atoms with Gasteiger partial charge in [0.2, 0.25) is 0 Å². The molecule has 22 heavy (non-hydrogen) atoms. The molecular weight excluding hydrogens is 346 g/mol. The van der Waals surface area contributed by atoms with Crippen molar-refractivity contribution in [2.45, 2.75) is 10.1 Å². The number of aromatic nitrogens is 2. The van der Waals surface area contributed by atoms with E-state index in [4.69, 9.17) is 22.1 Å². The third kappa shape index (κ3) is 2.35. The molecule has 0 N–H and O–H groups in total. The van der Waals surface area contributed by atoms with Crippen molar-refractivity contribution < 1.29 is 4.92 Å². The summed E-state index contributed by atoms with van der Waals surface area (Å²) in [6.07, 6.45) is 0. The Labute approximate surface area is 136 Å². The zero-order chi connectivity index (χ0) is 15.9. The lowest BCUT2D eigenvalue weighted by Gasteiger charge is -2.01. The number of hydrogen-bond donors (Lipinski definition) is 0. The van der Waals surface area contributed by atoms with Crippen molar-refractivity contribution in [3.63, 3.8) is 0 Å². The summed E-state index contributed by atoms with van der Waals surface area (Å²) in [5, 5.41) is 29.7. The van der Waals surface area contributed by atoms with Gasteiger partial charge < -0.3 is 0 Å². The van der Waals surface area contributed by atoms with Gasteiger partial charge in [-0.25, -0.2) is 9.97 Å². The number of hydrogen-bond acceptors (Lipinski definition) is 8. The number of thioether (sulfide) groups is 2. The van der Waals surface area contributed by atoms with E-state index >= 15 is 0 Å². The number of nitrogens with zero attached hydrogens (tertiary/aromatic N) is 5. The summed E-state index contributed by atoms with van der Waals surface area (Å²) < 4.78 is 0.496. The molecule has 2 aromatic rings. The molecule has 3 rings (SSSR count). The van der Waals surface area contributed by atoms with Gasteiger partial charge in [0.15, 0.2) is 0 Å². The van der Waals surface area contributed by atoms with Crippen LogP contribution >= 0.6 is 35.1 Å². The smallest absolute Gasteiger partial charge is 0.258 e. The first-order chi connectivity index (χ1) is 10.5. The standard InChI is InChI=1S/C12H2ClN5O2S2/c13-6-1-7-8(2-9(6)18(19)20)17-11-10(16-7)21-12(22-11)5(3-14)4-15/h1-2H. The van der Waals surface area contributed by atoms with Gasteiger partial charge in [-0.3, -0.25) is 10.1 Å². The molecule has 1 aliphatic rings. The van der Waals surface area contributed by atoms with E-state index in [0.29, 0.717) is 25.3 Å². The molecule has 1 aromatic carbocycles. The maximum atomic E-state index is 10.9. The second kappa shape index (κ2) is 5.46. The molecule has 1 aliphatic heterocycles. The first kappa shape index (κ1) is 14.6. The fraction of sp³-hybridized carbons (Fsp3) is 0. The molecule has 1 aromatic heterocycles. The van der Waals surface area contributed by atoms with Crippen LogP contribution in [0.2, 0.25) is 5.02 Å². The monoisotopic (exact) mass is 347 g/mol. The fourth-order valence-electron chi connectivity index (χ4n) is 1.72. The van der Waals surface area contributed by atoms with Gasteiger partial charge in [-0.2, -0.15) is 10.5 Å². The first-order valence-corrected chi connectivity index (χ1v) is 7.60. The lowest BCUT2D eigenvalue weighted by atomic mass is 10.2. The second-order valence-corrected chi connectivity index (χ2v) is 6.64. The predicted octanol–water partition coefficient (Wildman–Crippen LogP) is 3.65. The Morgan fingerprint density at radius 2 is 1.73 bits per heavy atom. The summed E-state index contributed by atoms with van der Waals surface area (Å²) in [5.41, 5.74) is 0.492. The number of halogens is 1. The maximum Gasteiger partial charge on any atom is 0.290 e. The van der Waals surface area contributed by atoms with Gasteiger partial charge in [0, 0.05) is 6.07 Å². The zero-order valence-electron chi connectivity index (χ0n) is 10.4. The third-order valence-electron chi connectivity index (χ3n) is 2.67. The van der Waals surface area contributed by atoms with Crippen LogP contribution < -0.4 is 0 Å². The van der Waals surface area contributed by atoms with E-state index in [1.807, 2.05) is 12.1 Å². The van der Waals surface area contributed by atoms with E-state index in [-0.39, 0.29) is 16.3 Å². The number of nitro benzene ring substituents is 1. The van der Waals surface area contributed by atoms with Gasteiger partial charge in [-0.1, -0.05) is 35.1 Å². The summed E-state index contributed by atoms with van der Waals surface area (Å²) in [7, 11) is 0. The first-order valence-electron chi connectivity index (χ1n) is 5.59. The van der Waals surface area contributed by atoms with Gasteiger partial charge in [-0.05, 0) is 6.07 Å². The van der Waals surface area contributed by atoms with Gasteiger partial charge >= 0.3 is 0 Å². The van der Waals surface area contributed by atoms with Crippen molar-refractivity contribution >= 4 is 51.8 Å². The molecule has 0 saturated carbocycles. The number of benzene rings is 1. The van der Waals surface area contributed by atoms with Crippen LogP contribution in [-0.2, 0) is 0 Å². The summed E-state index contributed by atoms with van der Waals surface area (Å²) in [4.78, 5) is 19.0. The predicted molar refractivity (Wildman–Crippen MR) is 81.2 cm³/mol. The molecule has 0 unspecified atom stereocenters. The lowest BCUT2D eigenvalue weighted by molar-refractivity contribution is -0.384. The van der Waals surface area contributed by atoms with Crippen LogP contribution in [0.4, 0.5) is 5.69 Å². The SMILES string of the molecule is N#CC(C#N)=C1Sc2nc3cc(Cl)c([N+](=O)[O-])cc3nc2S1. The van der Waals surface area contributed by atoms with E-state index in [9.17, 15) is 10.1 Å². The normalized spacial score (nSPS) is 12.6. The van der Waals surface area contributed by atoms with Gasteiger partial charge in [-0.15, -0.1) is 0 Å². The van der Waals surface area contributed by atoms with Crippen molar-refractivity contribution in [1.82, 2.24) is 9.97 Å². The Kier molecular flexibility index (Phi) is 3.62. The molecule has 0 amide bonds. The minimum absolute atomic E-state index is 0.0112. The average Bonchev–Trinajstić information content (AvgIpc) is 2.87. The average molecular weight is 348 g/mol. The number of allylic oxidation sites excluding steroid dienone is 1. The lowest BCUT2D eigenvalue weighted by Crippen LogP contribution is -1.93. The minimum Gasteiger partial charge on any atom is -0.258 e. The molecule has 0 fully saturated rings. The number of nitriles is 2. The highest BCUT2D eigenvalue weighted by atomic mass is 35.5. The Hall–Kier alpha value is -2.33. The maximum absolute atomic E-state index is 10.9. The van der Waals surface area contributed by atoms with Crippen LogP contribution in [0.5, 0.6) is 0 Å². The van der Waals surface area contributed by atoms with Crippen molar-refractivity contribution in [3.05, 3.63) is 37.1 Å². The highest BCUT2D eigenvalue weighted by molar-refractivity contribution is 8.24. The molecular formula is C12H2ClN5O2S2. The summed E-state index contributed by atoms with van der Waals surface area (Å²) in [6, 6.07) is 6.27. The minimum atomic E-state index is -0.590. The molecule has 0 saturated heterocycles. The number of fused-ring (bicyclic) bond motifs is 2. The summed E-state index contributed by atoms with van der Waals surface area (Å²) in [5.74, 6) is 0. The molecule has 2 heterocycles. The van der Waals surface area contributed by atoms with Gasteiger partial charge in [0.25, 0.3) is 5.69 Å². The highest BCUT2D eigenvalue weighted by Crippen LogP contribution is 2.50. The molecule has 106 valence electrons. The summed E-state index contributed by atoms with van der Waals surface area (Å²) >= 11 is 8.18. The molecule has 0 spiro atoms. The topological polar surface area (TPSA) is 116 Å². The molecule has 0 atom stereocenters. The Balaban J connectivity index is 2.17. The summed E-state index contributed by atoms with van der Waals surface area (Å²) in [6.45, 7) is 0. The van der Waals surface area contributed by atoms with Crippen LogP contribution in [0.15, 0.2) is 32.0 Å². The molecule has 7 nitrogen and oxygen atoms in total. The molecule has 0 radical (unpaired) electrons. The zero-order valence-corrected chi connectivity index (χ0v) is 12.8. The van der Waals surface area contributed by atoms with E-state index in [1.54, 1.807) is 0 Å². The van der Waals surface area contributed by atoms with E-state index in [2.05, 4.69) is 9.97 Å². The highest BCUT2D eigenvalue weighted by Gasteiger charge is 2.26. The molecule has 0 aliphatic carbocycles. The van der Waals surface area contributed by atoms with Gasteiger partial charge in [0.05, 0.1) is 20.2 Å². The van der Waals surface area contributed by atoms with Crippen molar-refractivity contribution in [3.8, 4) is 12.1 Å². The third-order valence-corrected chi connectivity index (χ3v) is 5.34. The number of rotatable bonds is 1. The van der Waals surface area contributed by atoms with E-state index in [1.165, 1.54) is 23.9 Å². The van der Waals surface area contributed by atoms with Crippen LogP contribution in [0.3, 0.4) is 0 Å². The van der Waals surface area contributed by atoms with Crippen molar-refractivity contribution in [2.24, 2.45) is 0 Å². The molecule has 0 bridgehead atoms. The quantitative estimate of drug-likeness (QED) is 0.436. The van der Waals surface area contributed by atoms with Crippen LogP contribution in [-0.4, -0.2) is 14.9 Å². The Morgan fingerprint density at radius 3 is 2.23 bits per heavy atom. The Morgan fingerprint density at radius 1 is 1.18 bits per heavy atom.